The van der Waals surface area contributed by atoms with Crippen LogP contribution < -0.4 is 0 Å². The average Bonchev–Trinajstić information content (AvgIpc) is 3.19. The predicted octanol–water partition coefficient (Wildman–Crippen LogP) is 12.7. The Hall–Kier alpha value is -5.76. The molecule has 0 saturated carbocycles. The van der Waals surface area contributed by atoms with Crippen molar-refractivity contribution >= 4 is 11.1 Å². The lowest BCUT2D eigenvalue weighted by Crippen LogP contribution is -2.15. The van der Waals surface area contributed by atoms with E-state index in [1.54, 1.807) is 0 Å². The minimum atomic E-state index is 0.000636. The van der Waals surface area contributed by atoms with Gasteiger partial charge in [0.15, 0.2) is 0 Å². The van der Waals surface area contributed by atoms with Gasteiger partial charge in [0, 0.05) is 12.5 Å². The topological polar surface area (TPSA) is 3.24 Å². The molecule has 0 aliphatic rings. The molecule has 0 aromatic heterocycles. The van der Waals surface area contributed by atoms with Crippen LogP contribution in [-0.4, -0.2) is 25.5 Å². The van der Waals surface area contributed by atoms with E-state index >= 15 is 0 Å². The third-order valence-corrected chi connectivity index (χ3v) is 9.83. The summed E-state index contributed by atoms with van der Waals surface area (Å²) < 4.78 is 0. The second-order valence-electron chi connectivity index (χ2n) is 13.7. The smallest absolute Gasteiger partial charge is 0.0348 e. The first-order valence-electron chi connectivity index (χ1n) is 17.9. The summed E-state index contributed by atoms with van der Waals surface area (Å²) in [6.07, 6.45) is 0.923. The summed E-state index contributed by atoms with van der Waals surface area (Å²) in [4.78, 5) is 2.29. The number of nitrogens with zero attached hydrogens (tertiary/aromatic N) is 1. The maximum absolute atomic E-state index is 2.34. The highest BCUT2D eigenvalue weighted by molar-refractivity contribution is 5.96. The van der Waals surface area contributed by atoms with E-state index in [-0.39, 0.29) is 5.92 Å². The standard InChI is InChI=1S/C50H45N/c1-37-19-21-44(22-20-37)48(35-36-51(2)3)50(47-33-27-43(28-34-47)40-17-11-6-12-18-40)49(45-29-23-41(24-30-45)38-13-7-4-8-14-38)46-31-25-42(26-32-46)39-15-9-5-10-16-39/h4-34,49H,35-36H2,1-3H3/b50-48+. The molecule has 7 aromatic carbocycles. The lowest BCUT2D eigenvalue weighted by molar-refractivity contribution is 0.419. The van der Waals surface area contributed by atoms with Crippen molar-refractivity contribution in [3.63, 3.8) is 0 Å². The van der Waals surface area contributed by atoms with E-state index in [0.717, 1.165) is 13.0 Å². The summed E-state index contributed by atoms with van der Waals surface area (Å²) in [6, 6.07) is 68.9. The molecule has 0 N–H and O–H groups in total. The van der Waals surface area contributed by atoms with Crippen LogP contribution in [0.1, 0.15) is 40.2 Å². The maximum atomic E-state index is 2.34. The molecular formula is C50H45N. The van der Waals surface area contributed by atoms with Gasteiger partial charge in [0.05, 0.1) is 0 Å². The SMILES string of the molecule is Cc1ccc(/C(CCN(C)C)=C(\c2ccc(-c3ccccc3)cc2)C(c2ccc(-c3ccccc3)cc2)c2ccc(-c3ccccc3)cc2)cc1. The Morgan fingerprint density at radius 3 is 1.16 bits per heavy atom. The lowest BCUT2D eigenvalue weighted by atomic mass is 9.76. The first kappa shape index (κ1) is 33.7. The zero-order valence-corrected chi connectivity index (χ0v) is 29.8. The molecule has 0 atom stereocenters. The summed E-state index contributed by atoms with van der Waals surface area (Å²) in [5, 5.41) is 0. The van der Waals surface area contributed by atoms with Crippen LogP contribution in [0, 0.1) is 6.92 Å². The third kappa shape index (κ3) is 8.01. The summed E-state index contributed by atoms with van der Waals surface area (Å²) in [7, 11) is 4.34. The number of allylic oxidation sites excluding steroid dienone is 1. The molecule has 51 heavy (non-hydrogen) atoms. The van der Waals surface area contributed by atoms with Crippen molar-refractivity contribution < 1.29 is 0 Å². The monoisotopic (exact) mass is 659 g/mol. The van der Waals surface area contributed by atoms with Gasteiger partial charge in [-0.15, -0.1) is 0 Å². The van der Waals surface area contributed by atoms with Crippen LogP contribution in [-0.2, 0) is 0 Å². The molecule has 0 radical (unpaired) electrons. The molecule has 0 amide bonds. The quantitative estimate of drug-likeness (QED) is 0.125. The van der Waals surface area contributed by atoms with Crippen molar-refractivity contribution in [2.75, 3.05) is 20.6 Å². The van der Waals surface area contributed by atoms with Gasteiger partial charge in [-0.3, -0.25) is 0 Å². The van der Waals surface area contributed by atoms with E-state index in [9.17, 15) is 0 Å². The van der Waals surface area contributed by atoms with Gasteiger partial charge in [0.25, 0.3) is 0 Å². The second-order valence-corrected chi connectivity index (χ2v) is 13.7. The van der Waals surface area contributed by atoms with Crippen molar-refractivity contribution in [3.8, 4) is 33.4 Å². The minimum Gasteiger partial charge on any atom is -0.309 e. The molecule has 0 unspecified atom stereocenters. The largest absolute Gasteiger partial charge is 0.309 e. The van der Waals surface area contributed by atoms with Crippen LogP contribution in [0.2, 0.25) is 0 Å². The van der Waals surface area contributed by atoms with E-state index < -0.39 is 0 Å². The Bertz CT molecular complexity index is 2080. The fourth-order valence-corrected chi connectivity index (χ4v) is 7.04. The normalized spacial score (nSPS) is 11.9. The molecule has 1 nitrogen and oxygen atoms in total. The summed E-state index contributed by atoms with van der Waals surface area (Å²) in [5.74, 6) is 0.000636. The first-order valence-corrected chi connectivity index (χ1v) is 17.9. The van der Waals surface area contributed by atoms with Gasteiger partial charge in [-0.05, 0) is 94.2 Å². The highest BCUT2D eigenvalue weighted by atomic mass is 15.0. The zero-order valence-electron chi connectivity index (χ0n) is 29.8. The second kappa shape index (κ2) is 15.9. The molecule has 0 aliphatic carbocycles. The molecule has 0 aliphatic heterocycles. The number of hydrogen-bond acceptors (Lipinski definition) is 1. The van der Waals surface area contributed by atoms with Gasteiger partial charge in [0.2, 0.25) is 0 Å². The van der Waals surface area contributed by atoms with Crippen LogP contribution in [0.3, 0.4) is 0 Å². The van der Waals surface area contributed by atoms with Gasteiger partial charge in [-0.1, -0.05) is 194 Å². The molecule has 0 saturated heterocycles. The fraction of sp³-hybridized carbons (Fsp3) is 0.120. The van der Waals surface area contributed by atoms with Crippen molar-refractivity contribution in [1.29, 1.82) is 0 Å². The van der Waals surface area contributed by atoms with Gasteiger partial charge in [-0.25, -0.2) is 0 Å². The van der Waals surface area contributed by atoms with Crippen molar-refractivity contribution in [3.05, 3.63) is 216 Å². The highest BCUT2D eigenvalue weighted by Crippen LogP contribution is 2.45. The molecule has 0 heterocycles. The minimum absolute atomic E-state index is 0.000636. The van der Waals surface area contributed by atoms with E-state index in [1.807, 2.05) is 0 Å². The Morgan fingerprint density at radius 2 is 0.765 bits per heavy atom. The molecule has 0 spiro atoms. The van der Waals surface area contributed by atoms with Crippen LogP contribution in [0.15, 0.2) is 188 Å². The van der Waals surface area contributed by atoms with E-state index in [0.29, 0.717) is 0 Å². The van der Waals surface area contributed by atoms with Gasteiger partial charge in [0.1, 0.15) is 0 Å². The Morgan fingerprint density at radius 1 is 0.412 bits per heavy atom. The molecule has 7 rings (SSSR count). The average molecular weight is 660 g/mol. The maximum Gasteiger partial charge on any atom is 0.0348 e. The number of benzene rings is 7. The number of hydrogen-bond donors (Lipinski definition) is 0. The van der Waals surface area contributed by atoms with E-state index in [2.05, 4.69) is 214 Å². The van der Waals surface area contributed by atoms with E-state index in [1.165, 1.54) is 72.3 Å². The molecular weight excluding hydrogens is 615 g/mol. The Labute approximate surface area is 304 Å². The third-order valence-electron chi connectivity index (χ3n) is 9.83. The van der Waals surface area contributed by atoms with E-state index in [4.69, 9.17) is 0 Å². The Kier molecular flexibility index (Phi) is 10.5. The molecule has 1 heteroatoms. The van der Waals surface area contributed by atoms with Crippen LogP contribution in [0.25, 0.3) is 44.5 Å². The summed E-state index contributed by atoms with van der Waals surface area (Å²) in [6.45, 7) is 3.11. The molecule has 0 bridgehead atoms. The van der Waals surface area contributed by atoms with Crippen molar-refractivity contribution in [1.82, 2.24) is 4.90 Å². The predicted molar refractivity (Wildman–Crippen MR) is 219 cm³/mol. The Balaban J connectivity index is 1.46. The molecule has 7 aromatic rings. The zero-order chi connectivity index (χ0) is 35.0. The van der Waals surface area contributed by atoms with Crippen molar-refractivity contribution in [2.24, 2.45) is 0 Å². The number of aryl methyl sites for hydroxylation is 1. The summed E-state index contributed by atoms with van der Waals surface area (Å²) >= 11 is 0. The van der Waals surface area contributed by atoms with Crippen LogP contribution in [0.5, 0.6) is 0 Å². The van der Waals surface area contributed by atoms with Crippen LogP contribution >= 0.6 is 0 Å². The fourth-order valence-electron chi connectivity index (χ4n) is 7.04. The van der Waals surface area contributed by atoms with Gasteiger partial charge < -0.3 is 4.90 Å². The number of rotatable bonds is 11. The summed E-state index contributed by atoms with van der Waals surface area (Å²) in [5.41, 5.74) is 16.4. The van der Waals surface area contributed by atoms with Crippen LogP contribution in [0.4, 0.5) is 0 Å². The van der Waals surface area contributed by atoms with Crippen molar-refractivity contribution in [2.45, 2.75) is 19.3 Å². The molecule has 0 fully saturated rings. The molecule has 250 valence electrons. The highest BCUT2D eigenvalue weighted by Gasteiger charge is 2.25. The van der Waals surface area contributed by atoms with Gasteiger partial charge >= 0.3 is 0 Å². The van der Waals surface area contributed by atoms with Gasteiger partial charge in [-0.2, -0.15) is 0 Å². The lowest BCUT2D eigenvalue weighted by Gasteiger charge is -2.28. The first-order chi connectivity index (χ1) is 25.0.